The number of rotatable bonds is 3. The van der Waals surface area contributed by atoms with Gasteiger partial charge in [0.15, 0.2) is 0 Å². The van der Waals surface area contributed by atoms with Crippen molar-refractivity contribution in [1.82, 2.24) is 0 Å². The summed E-state index contributed by atoms with van der Waals surface area (Å²) in [6.07, 6.45) is -9.53. The highest BCUT2D eigenvalue weighted by Crippen LogP contribution is 2.37. The van der Waals surface area contributed by atoms with Gasteiger partial charge in [-0.15, -0.1) is 5.11 Å². The van der Waals surface area contributed by atoms with E-state index >= 15 is 0 Å². The summed E-state index contributed by atoms with van der Waals surface area (Å²) in [6, 6.07) is 1.33. The number of hydrogen-bond donors (Lipinski definition) is 0. The van der Waals surface area contributed by atoms with E-state index in [1.807, 2.05) is 0 Å². The molecule has 1 heterocycles. The molecule has 1 aromatic rings. The summed E-state index contributed by atoms with van der Waals surface area (Å²) in [5, 5.41) is 6.40. The first-order chi connectivity index (χ1) is 11.0. The first kappa shape index (κ1) is 17.8. The lowest BCUT2D eigenvalue weighted by molar-refractivity contribution is -0.143. The molecule has 0 saturated carbocycles. The minimum atomic E-state index is -4.97. The van der Waals surface area contributed by atoms with Crippen molar-refractivity contribution in [1.29, 1.82) is 0 Å². The van der Waals surface area contributed by atoms with Gasteiger partial charge < -0.3 is 0 Å². The van der Waals surface area contributed by atoms with E-state index in [2.05, 4.69) is 10.2 Å². The van der Waals surface area contributed by atoms with Gasteiger partial charge in [0.25, 0.3) is 0 Å². The molecule has 24 heavy (non-hydrogen) atoms. The topological polar surface area (TPSA) is 58.9 Å². The second-order valence-corrected chi connectivity index (χ2v) is 4.87. The number of halogens is 6. The van der Waals surface area contributed by atoms with Gasteiger partial charge in [-0.05, 0) is 30.5 Å². The quantitative estimate of drug-likeness (QED) is 0.609. The van der Waals surface area contributed by atoms with Gasteiger partial charge in [0, 0.05) is 6.08 Å². The predicted octanol–water partition coefficient (Wildman–Crippen LogP) is 4.10. The van der Waals surface area contributed by atoms with Crippen LogP contribution < -0.4 is 0 Å². The van der Waals surface area contributed by atoms with E-state index in [1.165, 1.54) is 0 Å². The summed E-state index contributed by atoms with van der Waals surface area (Å²) in [6.45, 7) is 0. The molecule has 1 amide bonds. The Morgan fingerprint density at radius 3 is 2.08 bits per heavy atom. The van der Waals surface area contributed by atoms with Gasteiger partial charge in [0.1, 0.15) is 0 Å². The van der Waals surface area contributed by atoms with Gasteiger partial charge in [-0.2, -0.15) is 31.5 Å². The lowest BCUT2D eigenvalue weighted by atomic mass is 9.98. The molecule has 1 aromatic carbocycles. The molecule has 0 aliphatic carbocycles. The van der Waals surface area contributed by atoms with Crippen LogP contribution in [0.2, 0.25) is 0 Å². The average molecular weight is 350 g/mol. The number of aryl methyl sites for hydroxylation is 1. The molecule has 0 N–H and O–H groups in total. The SMILES string of the molecule is O=C1C=C(CCc2ccc(C(F)(F)F)cc2C(F)(F)F)N=NC1=O. The molecule has 0 fully saturated rings. The lowest BCUT2D eigenvalue weighted by Gasteiger charge is -2.16. The number of nitrogens with zero attached hydrogens (tertiary/aromatic N) is 2. The number of amides is 1. The summed E-state index contributed by atoms with van der Waals surface area (Å²) in [7, 11) is 0. The Balaban J connectivity index is 2.27. The molecule has 0 bridgehead atoms. The third kappa shape index (κ3) is 4.06. The van der Waals surface area contributed by atoms with Crippen LogP contribution in [0.4, 0.5) is 26.3 Å². The molecule has 1 aliphatic heterocycles. The Kier molecular flexibility index (Phi) is 4.59. The Bertz CT molecular complexity index is 747. The molecule has 0 atom stereocenters. The Labute approximate surface area is 130 Å². The Hall–Kier alpha value is -2.52. The van der Waals surface area contributed by atoms with Crippen molar-refractivity contribution in [3.8, 4) is 0 Å². The molecule has 0 radical (unpaired) electrons. The molecule has 0 unspecified atom stereocenters. The fraction of sp³-hybridized carbons (Fsp3) is 0.286. The maximum atomic E-state index is 13.0. The van der Waals surface area contributed by atoms with Crippen molar-refractivity contribution in [3.05, 3.63) is 46.7 Å². The van der Waals surface area contributed by atoms with Crippen molar-refractivity contribution < 1.29 is 35.9 Å². The first-order valence-electron chi connectivity index (χ1n) is 6.46. The summed E-state index contributed by atoms with van der Waals surface area (Å²) in [5.74, 6) is -2.05. The Morgan fingerprint density at radius 1 is 0.875 bits per heavy atom. The predicted molar refractivity (Wildman–Crippen MR) is 67.7 cm³/mol. The largest absolute Gasteiger partial charge is 0.416 e. The molecule has 4 nitrogen and oxygen atoms in total. The monoisotopic (exact) mass is 350 g/mol. The standard InChI is InChI=1S/C14H8F6N2O2/c15-13(16,17)8-3-1-7(10(5-8)14(18,19)20)2-4-9-6-11(23)12(24)22-21-9/h1,3,5-6H,2,4H2. The average Bonchev–Trinajstić information content (AvgIpc) is 2.46. The van der Waals surface area contributed by atoms with E-state index in [9.17, 15) is 35.9 Å². The van der Waals surface area contributed by atoms with Gasteiger partial charge in [-0.1, -0.05) is 6.07 Å². The molecule has 0 saturated heterocycles. The van der Waals surface area contributed by atoms with Crippen LogP contribution in [0.5, 0.6) is 0 Å². The van der Waals surface area contributed by atoms with Gasteiger partial charge >= 0.3 is 18.3 Å². The first-order valence-corrected chi connectivity index (χ1v) is 6.46. The highest BCUT2D eigenvalue weighted by atomic mass is 19.4. The van der Waals surface area contributed by atoms with E-state index in [0.717, 1.165) is 12.1 Å². The van der Waals surface area contributed by atoms with Crippen LogP contribution in [0.3, 0.4) is 0 Å². The normalized spacial score (nSPS) is 15.7. The van der Waals surface area contributed by atoms with Crippen molar-refractivity contribution in [2.24, 2.45) is 10.2 Å². The number of alkyl halides is 6. The highest BCUT2D eigenvalue weighted by Gasteiger charge is 2.38. The van der Waals surface area contributed by atoms with Crippen LogP contribution in [0.15, 0.2) is 40.2 Å². The van der Waals surface area contributed by atoms with Crippen LogP contribution >= 0.6 is 0 Å². The molecule has 1 aliphatic rings. The zero-order valence-corrected chi connectivity index (χ0v) is 11.7. The number of allylic oxidation sites excluding steroid dienone is 1. The van der Waals surface area contributed by atoms with Crippen LogP contribution in [0.1, 0.15) is 23.1 Å². The van der Waals surface area contributed by atoms with E-state index in [1.54, 1.807) is 0 Å². The van der Waals surface area contributed by atoms with E-state index in [4.69, 9.17) is 0 Å². The number of hydrogen-bond acceptors (Lipinski definition) is 3. The van der Waals surface area contributed by atoms with Crippen molar-refractivity contribution in [2.45, 2.75) is 25.2 Å². The summed E-state index contributed by atoms with van der Waals surface area (Å²) in [4.78, 5) is 21.9. The number of benzene rings is 1. The van der Waals surface area contributed by atoms with Gasteiger partial charge in [0.2, 0.25) is 5.78 Å². The number of carbonyl (C=O) groups excluding carboxylic acids is 2. The second-order valence-electron chi connectivity index (χ2n) is 4.87. The third-order valence-corrected chi connectivity index (χ3v) is 3.17. The fourth-order valence-electron chi connectivity index (χ4n) is 2.02. The van der Waals surface area contributed by atoms with Gasteiger partial charge in [-0.3, -0.25) is 9.59 Å². The summed E-state index contributed by atoms with van der Waals surface area (Å²) >= 11 is 0. The second kappa shape index (κ2) is 6.17. The van der Waals surface area contributed by atoms with E-state index in [-0.39, 0.29) is 30.2 Å². The van der Waals surface area contributed by atoms with Gasteiger partial charge in [-0.25, -0.2) is 0 Å². The molecular formula is C14H8F6N2O2. The van der Waals surface area contributed by atoms with Crippen LogP contribution in [0.25, 0.3) is 0 Å². The number of azo groups is 1. The van der Waals surface area contributed by atoms with Crippen molar-refractivity contribution in [3.63, 3.8) is 0 Å². The fourth-order valence-corrected chi connectivity index (χ4v) is 2.02. The minimum absolute atomic E-state index is 0.0207. The van der Waals surface area contributed by atoms with E-state index in [0.29, 0.717) is 6.07 Å². The maximum absolute atomic E-state index is 13.0. The third-order valence-electron chi connectivity index (χ3n) is 3.17. The maximum Gasteiger partial charge on any atom is 0.416 e. The highest BCUT2D eigenvalue weighted by molar-refractivity contribution is 6.41. The summed E-state index contributed by atoms with van der Waals surface area (Å²) in [5.41, 5.74) is -3.22. The zero-order chi connectivity index (χ0) is 18.1. The molecular weight excluding hydrogens is 342 g/mol. The molecule has 0 spiro atoms. The Morgan fingerprint density at radius 2 is 1.54 bits per heavy atom. The van der Waals surface area contributed by atoms with Gasteiger partial charge in [0.05, 0.1) is 16.8 Å². The smallest absolute Gasteiger partial charge is 0.284 e. The molecule has 2 rings (SSSR count). The molecule has 128 valence electrons. The lowest BCUT2D eigenvalue weighted by Crippen LogP contribution is -2.14. The van der Waals surface area contributed by atoms with Crippen molar-refractivity contribution >= 4 is 11.7 Å². The van der Waals surface area contributed by atoms with Crippen LogP contribution in [0, 0.1) is 0 Å². The van der Waals surface area contributed by atoms with Crippen molar-refractivity contribution in [2.75, 3.05) is 0 Å². The molecule has 10 heteroatoms. The zero-order valence-electron chi connectivity index (χ0n) is 11.7. The summed E-state index contributed by atoms with van der Waals surface area (Å²) < 4.78 is 76.6. The van der Waals surface area contributed by atoms with E-state index < -0.39 is 35.2 Å². The molecule has 0 aromatic heterocycles. The minimum Gasteiger partial charge on any atom is -0.284 e. The van der Waals surface area contributed by atoms with Crippen LogP contribution in [-0.4, -0.2) is 11.7 Å². The van der Waals surface area contributed by atoms with Crippen LogP contribution in [-0.2, 0) is 28.4 Å². The number of ketones is 1. The number of carbonyl (C=O) groups is 2.